The van der Waals surface area contributed by atoms with Crippen molar-refractivity contribution in [3.63, 3.8) is 0 Å². The molecule has 0 saturated heterocycles. The van der Waals surface area contributed by atoms with Crippen molar-refractivity contribution >= 4 is 11.6 Å². The molecule has 0 heterocycles. The van der Waals surface area contributed by atoms with Gasteiger partial charge in [0, 0.05) is 5.02 Å². The Morgan fingerprint density at radius 1 is 0.243 bits per heavy atom. The van der Waals surface area contributed by atoms with E-state index in [4.69, 9.17) is 11.6 Å². The average Bonchev–Trinajstić information content (AvgIpc) is 2.98. The van der Waals surface area contributed by atoms with Gasteiger partial charge in [-0.15, -0.1) is 0 Å². The van der Waals surface area contributed by atoms with Crippen LogP contribution in [0, 0.1) is 0 Å². The zero-order valence-corrected chi connectivity index (χ0v) is 21.1. The predicted octanol–water partition coefficient (Wildman–Crippen LogP) is 10.7. The summed E-state index contributed by atoms with van der Waals surface area (Å²) in [6, 6.07) is 53.6. The lowest BCUT2D eigenvalue weighted by Gasteiger charge is -2.13. The molecule has 0 aromatic heterocycles. The van der Waals surface area contributed by atoms with Gasteiger partial charge in [0.1, 0.15) is 0 Å². The smallest absolute Gasteiger partial charge is 0.0406 e. The standard InChI is InChI=1S/C36H25Cl/c37-36-21-19-32(20-22-36)35-24-33(30-15-11-28(12-16-30)26-7-3-1-4-8-26)23-34(25-35)31-17-13-29(14-18-31)27-9-5-2-6-10-27/h1-25H. The van der Waals surface area contributed by atoms with E-state index in [0.29, 0.717) is 0 Å². The molecule has 0 bridgehead atoms. The number of hydrogen-bond acceptors (Lipinski definition) is 0. The van der Waals surface area contributed by atoms with Gasteiger partial charge in [0.05, 0.1) is 0 Å². The summed E-state index contributed by atoms with van der Waals surface area (Å²) in [4.78, 5) is 0. The first kappa shape index (κ1) is 23.0. The van der Waals surface area contributed by atoms with Crippen LogP contribution in [0.1, 0.15) is 0 Å². The molecule has 0 aliphatic carbocycles. The molecule has 0 spiro atoms. The first-order valence-electron chi connectivity index (χ1n) is 12.5. The Hall–Kier alpha value is -4.39. The van der Waals surface area contributed by atoms with Gasteiger partial charge in [-0.1, -0.05) is 133 Å². The molecule has 0 fully saturated rings. The van der Waals surface area contributed by atoms with E-state index in [1.54, 1.807) is 0 Å². The van der Waals surface area contributed by atoms with E-state index in [-0.39, 0.29) is 0 Å². The minimum absolute atomic E-state index is 0.744. The SMILES string of the molecule is Clc1ccc(-c2cc(-c3ccc(-c4ccccc4)cc3)cc(-c3ccc(-c4ccccc4)cc3)c2)cc1. The van der Waals surface area contributed by atoms with Crippen LogP contribution in [0.5, 0.6) is 0 Å². The molecule has 6 aromatic rings. The first-order chi connectivity index (χ1) is 18.2. The van der Waals surface area contributed by atoms with Crippen LogP contribution in [-0.4, -0.2) is 0 Å². The van der Waals surface area contributed by atoms with E-state index in [0.717, 1.165) is 10.6 Å². The zero-order valence-electron chi connectivity index (χ0n) is 20.3. The van der Waals surface area contributed by atoms with E-state index in [1.165, 1.54) is 50.1 Å². The molecule has 37 heavy (non-hydrogen) atoms. The molecule has 0 amide bonds. The molecule has 6 rings (SSSR count). The van der Waals surface area contributed by atoms with Crippen LogP contribution in [-0.2, 0) is 0 Å². The van der Waals surface area contributed by atoms with Gasteiger partial charge in [-0.05, 0) is 86.0 Å². The molecule has 1 heteroatoms. The molecule has 0 atom stereocenters. The van der Waals surface area contributed by atoms with Gasteiger partial charge in [-0.3, -0.25) is 0 Å². The van der Waals surface area contributed by atoms with Gasteiger partial charge in [0.15, 0.2) is 0 Å². The third kappa shape index (κ3) is 5.11. The third-order valence-corrected chi connectivity index (χ3v) is 7.01. The maximum Gasteiger partial charge on any atom is 0.0406 e. The topological polar surface area (TPSA) is 0 Å². The van der Waals surface area contributed by atoms with Gasteiger partial charge in [0.25, 0.3) is 0 Å². The van der Waals surface area contributed by atoms with Gasteiger partial charge in [-0.25, -0.2) is 0 Å². The summed E-state index contributed by atoms with van der Waals surface area (Å²) >= 11 is 6.18. The molecule has 0 N–H and O–H groups in total. The van der Waals surface area contributed by atoms with Crippen LogP contribution in [0.25, 0.3) is 55.6 Å². The fraction of sp³-hybridized carbons (Fsp3) is 0. The molecular formula is C36H25Cl. The Balaban J connectivity index is 1.42. The number of halogens is 1. The number of benzene rings is 6. The quantitative estimate of drug-likeness (QED) is 0.224. The second-order valence-corrected chi connectivity index (χ2v) is 9.63. The van der Waals surface area contributed by atoms with Gasteiger partial charge in [-0.2, -0.15) is 0 Å². The second kappa shape index (κ2) is 10.3. The fourth-order valence-corrected chi connectivity index (χ4v) is 4.87. The predicted molar refractivity (Wildman–Crippen MR) is 159 cm³/mol. The highest BCUT2D eigenvalue weighted by Gasteiger charge is 2.09. The molecule has 0 nitrogen and oxygen atoms in total. The molecule has 0 saturated carbocycles. The lowest BCUT2D eigenvalue weighted by molar-refractivity contribution is 1.55. The van der Waals surface area contributed by atoms with Crippen molar-refractivity contribution in [3.05, 3.63) is 157 Å². The van der Waals surface area contributed by atoms with Crippen molar-refractivity contribution < 1.29 is 0 Å². The van der Waals surface area contributed by atoms with Crippen molar-refractivity contribution in [2.24, 2.45) is 0 Å². The summed E-state index contributed by atoms with van der Waals surface area (Å²) in [6.45, 7) is 0. The van der Waals surface area contributed by atoms with E-state index in [9.17, 15) is 0 Å². The second-order valence-electron chi connectivity index (χ2n) is 9.19. The molecule has 0 radical (unpaired) electrons. The number of rotatable bonds is 5. The molecule has 0 aliphatic heterocycles. The fourth-order valence-electron chi connectivity index (χ4n) is 4.74. The van der Waals surface area contributed by atoms with E-state index in [2.05, 4.69) is 127 Å². The Kier molecular flexibility index (Phi) is 6.42. The monoisotopic (exact) mass is 492 g/mol. The largest absolute Gasteiger partial charge is 0.0843 e. The van der Waals surface area contributed by atoms with Crippen molar-refractivity contribution in [2.45, 2.75) is 0 Å². The van der Waals surface area contributed by atoms with Gasteiger partial charge in [0.2, 0.25) is 0 Å². The Morgan fingerprint density at radius 2 is 0.486 bits per heavy atom. The van der Waals surface area contributed by atoms with Crippen LogP contribution < -0.4 is 0 Å². The van der Waals surface area contributed by atoms with Crippen LogP contribution in [0.4, 0.5) is 0 Å². The minimum Gasteiger partial charge on any atom is -0.0843 e. The highest BCUT2D eigenvalue weighted by molar-refractivity contribution is 6.30. The lowest BCUT2D eigenvalue weighted by atomic mass is 9.92. The number of hydrogen-bond donors (Lipinski definition) is 0. The summed E-state index contributed by atoms with van der Waals surface area (Å²) in [7, 11) is 0. The minimum atomic E-state index is 0.744. The van der Waals surface area contributed by atoms with Crippen molar-refractivity contribution in [2.75, 3.05) is 0 Å². The first-order valence-corrected chi connectivity index (χ1v) is 12.8. The summed E-state index contributed by atoms with van der Waals surface area (Å²) in [5.74, 6) is 0. The van der Waals surface area contributed by atoms with E-state index < -0.39 is 0 Å². The summed E-state index contributed by atoms with van der Waals surface area (Å²) < 4.78 is 0. The van der Waals surface area contributed by atoms with Crippen LogP contribution in [0.3, 0.4) is 0 Å². The molecule has 0 unspecified atom stereocenters. The highest BCUT2D eigenvalue weighted by atomic mass is 35.5. The van der Waals surface area contributed by atoms with Gasteiger partial charge < -0.3 is 0 Å². The highest BCUT2D eigenvalue weighted by Crippen LogP contribution is 2.35. The van der Waals surface area contributed by atoms with Crippen LogP contribution >= 0.6 is 11.6 Å². The average molecular weight is 493 g/mol. The van der Waals surface area contributed by atoms with Crippen LogP contribution in [0.15, 0.2) is 152 Å². The van der Waals surface area contributed by atoms with Crippen molar-refractivity contribution in [3.8, 4) is 55.6 Å². The zero-order chi connectivity index (χ0) is 25.0. The normalized spacial score (nSPS) is 10.8. The molecule has 176 valence electrons. The summed E-state index contributed by atoms with van der Waals surface area (Å²) in [5, 5.41) is 0.744. The van der Waals surface area contributed by atoms with Gasteiger partial charge >= 0.3 is 0 Å². The Morgan fingerprint density at radius 3 is 0.811 bits per heavy atom. The summed E-state index contributed by atoms with van der Waals surface area (Å²) in [6.07, 6.45) is 0. The van der Waals surface area contributed by atoms with E-state index in [1.807, 2.05) is 24.3 Å². The summed E-state index contributed by atoms with van der Waals surface area (Å²) in [5.41, 5.74) is 12.0. The Bertz CT molecular complexity index is 1510. The lowest BCUT2D eigenvalue weighted by Crippen LogP contribution is -1.87. The van der Waals surface area contributed by atoms with Crippen molar-refractivity contribution in [1.82, 2.24) is 0 Å². The molecule has 6 aromatic carbocycles. The van der Waals surface area contributed by atoms with Crippen molar-refractivity contribution in [1.29, 1.82) is 0 Å². The molecular weight excluding hydrogens is 468 g/mol. The maximum absolute atomic E-state index is 6.18. The van der Waals surface area contributed by atoms with Crippen LogP contribution in [0.2, 0.25) is 5.02 Å². The maximum atomic E-state index is 6.18. The van der Waals surface area contributed by atoms with E-state index >= 15 is 0 Å². The molecule has 0 aliphatic rings. The Labute approximate surface area is 223 Å². The third-order valence-electron chi connectivity index (χ3n) is 6.76.